The van der Waals surface area contributed by atoms with Crippen molar-refractivity contribution >= 4 is 51.8 Å². The summed E-state index contributed by atoms with van der Waals surface area (Å²) >= 11 is 6.26. The van der Waals surface area contributed by atoms with E-state index in [1.54, 1.807) is 12.3 Å². The first-order valence-electron chi connectivity index (χ1n) is 12.2. The standard InChI is InChI=1S/C25H31ClN6O4/c1-36-25(35)17(13-27)23(29-19-9-6-7-16-18(26)14-28-22(16)19)30-20-8-2-3-12-32(24(20)34)15-21(33)31-10-4-5-11-31/h6-7,9,14,20,24,27-28,34H,2-5,8,10-12,15H2,1H3,(H,29,30)/p+1/t20-,24?/m0/s1. The Morgan fingerprint density at radius 2 is 2.11 bits per heavy atom. The lowest BCUT2D eigenvalue weighted by Crippen LogP contribution is -3.17. The molecule has 2 unspecified atom stereocenters. The van der Waals surface area contributed by atoms with Crippen LogP contribution >= 0.6 is 11.6 Å². The molecule has 192 valence electrons. The fourth-order valence-electron chi connectivity index (χ4n) is 4.87. The summed E-state index contributed by atoms with van der Waals surface area (Å²) in [6, 6.07) is 4.86. The molecule has 2 saturated heterocycles. The van der Waals surface area contributed by atoms with E-state index < -0.39 is 18.2 Å². The quantitative estimate of drug-likeness (QED) is 0.171. The first kappa shape index (κ1) is 25.9. The third kappa shape index (κ3) is 5.63. The molecule has 0 bridgehead atoms. The van der Waals surface area contributed by atoms with Crippen LogP contribution < -0.4 is 10.2 Å². The Hall–Kier alpha value is -3.17. The molecule has 2 fully saturated rings. The molecular weight excluding hydrogens is 484 g/mol. The number of aliphatic hydroxyl groups is 1. The molecule has 5 N–H and O–H groups in total. The van der Waals surface area contributed by atoms with Crippen LogP contribution in [0, 0.1) is 5.41 Å². The Morgan fingerprint density at radius 3 is 2.83 bits per heavy atom. The Kier molecular flexibility index (Phi) is 8.43. The number of aliphatic hydroxyl groups excluding tert-OH is 1. The molecule has 0 saturated carbocycles. The van der Waals surface area contributed by atoms with Gasteiger partial charge in [-0.15, -0.1) is 0 Å². The zero-order valence-electron chi connectivity index (χ0n) is 20.3. The number of hydrogen-bond donors (Lipinski definition) is 5. The molecule has 1 amide bonds. The Morgan fingerprint density at radius 1 is 1.33 bits per heavy atom. The zero-order valence-corrected chi connectivity index (χ0v) is 21.0. The lowest BCUT2D eigenvalue weighted by molar-refractivity contribution is -0.940. The predicted molar refractivity (Wildman–Crippen MR) is 138 cm³/mol. The summed E-state index contributed by atoms with van der Waals surface area (Å²) < 4.78 is 4.86. The van der Waals surface area contributed by atoms with Gasteiger partial charge in [-0.25, -0.2) is 4.79 Å². The Balaban J connectivity index is 1.65. The highest BCUT2D eigenvalue weighted by Gasteiger charge is 2.35. The van der Waals surface area contributed by atoms with Gasteiger partial charge in [0, 0.05) is 24.7 Å². The molecule has 0 aliphatic carbocycles. The molecule has 11 heteroatoms. The van der Waals surface area contributed by atoms with E-state index in [1.807, 2.05) is 17.0 Å². The van der Waals surface area contributed by atoms with Gasteiger partial charge in [-0.2, -0.15) is 0 Å². The summed E-state index contributed by atoms with van der Waals surface area (Å²) in [7, 11) is 1.22. The number of carbonyl (C=O) groups is 2. The molecule has 0 spiro atoms. The number of carbonyl (C=O) groups excluding carboxylic acids is 2. The fourth-order valence-corrected chi connectivity index (χ4v) is 5.08. The van der Waals surface area contributed by atoms with Crippen molar-refractivity contribution in [1.82, 2.24) is 9.88 Å². The van der Waals surface area contributed by atoms with Gasteiger partial charge in [-0.05, 0) is 44.0 Å². The number of halogens is 1. The van der Waals surface area contributed by atoms with E-state index in [2.05, 4.69) is 16.2 Å². The van der Waals surface area contributed by atoms with Gasteiger partial charge < -0.3 is 29.9 Å². The average molecular weight is 516 g/mol. The number of fused-ring (bicyclic) bond motifs is 1. The molecule has 1 aromatic heterocycles. The van der Waals surface area contributed by atoms with Crippen LogP contribution in [0.2, 0.25) is 5.02 Å². The number of rotatable bonds is 6. The SMILES string of the molecule is COC(=O)C(=C=N)C(=N[C@H]1CCCC[NH+](CC(=O)N2CCCC2)C1O)Nc1cccc2c(Cl)c[nH]c12. The summed E-state index contributed by atoms with van der Waals surface area (Å²) in [5.74, 6) is 1.46. The van der Waals surface area contributed by atoms with Crippen molar-refractivity contribution in [3.8, 4) is 0 Å². The number of quaternary nitrogens is 1. The van der Waals surface area contributed by atoms with Gasteiger partial charge in [-0.1, -0.05) is 23.7 Å². The number of aromatic amines is 1. The van der Waals surface area contributed by atoms with Crippen LogP contribution in [0.5, 0.6) is 0 Å². The highest BCUT2D eigenvalue weighted by molar-refractivity contribution is 6.36. The molecule has 10 nitrogen and oxygen atoms in total. The van der Waals surface area contributed by atoms with Crippen LogP contribution in [0.25, 0.3) is 10.9 Å². The number of methoxy groups -OCH3 is 1. The molecule has 3 heterocycles. The van der Waals surface area contributed by atoms with E-state index in [4.69, 9.17) is 26.7 Å². The first-order chi connectivity index (χ1) is 17.4. The lowest BCUT2D eigenvalue weighted by atomic mass is 10.1. The molecular formula is C25H32ClN6O4+. The highest BCUT2D eigenvalue weighted by atomic mass is 35.5. The zero-order chi connectivity index (χ0) is 25.7. The third-order valence-electron chi connectivity index (χ3n) is 6.83. The van der Waals surface area contributed by atoms with Gasteiger partial charge in [0.25, 0.3) is 5.91 Å². The number of hydrogen-bond acceptors (Lipinski definition) is 6. The summed E-state index contributed by atoms with van der Waals surface area (Å²) in [5.41, 5.74) is 1.10. The highest BCUT2D eigenvalue weighted by Crippen LogP contribution is 2.29. The number of H-pyrrole nitrogens is 1. The number of amidine groups is 1. The molecule has 0 radical (unpaired) electrons. The number of nitrogens with zero attached hydrogens (tertiary/aromatic N) is 2. The number of aliphatic imine (C=N–C) groups is 1. The van der Waals surface area contributed by atoms with Crippen LogP contribution in [-0.4, -0.2) is 84.1 Å². The minimum Gasteiger partial charge on any atom is -0.465 e. The van der Waals surface area contributed by atoms with Gasteiger partial charge in [0.05, 0.1) is 29.9 Å². The van der Waals surface area contributed by atoms with Gasteiger partial charge in [-0.3, -0.25) is 15.2 Å². The smallest absolute Gasteiger partial charge is 0.351 e. The molecule has 2 aromatic rings. The number of aromatic nitrogens is 1. The number of nitrogens with one attached hydrogen (secondary N) is 4. The van der Waals surface area contributed by atoms with Gasteiger partial charge in [0.15, 0.2) is 18.0 Å². The second-order valence-corrected chi connectivity index (χ2v) is 9.55. The number of esters is 1. The fraction of sp³-hybridized carbons (Fsp3) is 0.480. The molecule has 3 atom stereocenters. The molecule has 36 heavy (non-hydrogen) atoms. The second-order valence-electron chi connectivity index (χ2n) is 9.14. The summed E-state index contributed by atoms with van der Waals surface area (Å²) in [6.07, 6.45) is 4.96. The van der Waals surface area contributed by atoms with Crippen molar-refractivity contribution in [2.24, 2.45) is 4.99 Å². The van der Waals surface area contributed by atoms with Crippen molar-refractivity contribution in [1.29, 1.82) is 5.41 Å². The van der Waals surface area contributed by atoms with E-state index in [-0.39, 0.29) is 23.9 Å². The van der Waals surface area contributed by atoms with E-state index in [9.17, 15) is 14.7 Å². The van der Waals surface area contributed by atoms with Gasteiger partial charge >= 0.3 is 5.97 Å². The van der Waals surface area contributed by atoms with E-state index in [0.29, 0.717) is 29.2 Å². The van der Waals surface area contributed by atoms with Crippen molar-refractivity contribution in [2.45, 2.75) is 44.4 Å². The molecule has 2 aliphatic heterocycles. The third-order valence-corrected chi connectivity index (χ3v) is 7.14. The maximum absolute atomic E-state index is 12.8. The number of ether oxygens (including phenoxy) is 1. The van der Waals surface area contributed by atoms with Crippen molar-refractivity contribution in [3.05, 3.63) is 35.0 Å². The lowest BCUT2D eigenvalue weighted by Gasteiger charge is -2.27. The topological polar surface area (TPSA) is 135 Å². The monoisotopic (exact) mass is 515 g/mol. The van der Waals surface area contributed by atoms with E-state index in [1.165, 1.54) is 7.11 Å². The molecule has 1 aromatic carbocycles. The molecule has 4 rings (SSSR count). The van der Waals surface area contributed by atoms with Crippen LogP contribution in [0.3, 0.4) is 0 Å². The number of amides is 1. The van der Waals surface area contributed by atoms with Crippen molar-refractivity contribution in [3.63, 3.8) is 0 Å². The van der Waals surface area contributed by atoms with E-state index >= 15 is 0 Å². The van der Waals surface area contributed by atoms with Gasteiger partial charge in [0.1, 0.15) is 6.04 Å². The van der Waals surface area contributed by atoms with Crippen LogP contribution in [0.15, 0.2) is 35.0 Å². The number of benzene rings is 1. The van der Waals surface area contributed by atoms with Crippen LogP contribution in [0.1, 0.15) is 32.1 Å². The largest absolute Gasteiger partial charge is 0.465 e. The average Bonchev–Trinajstić information content (AvgIpc) is 3.52. The summed E-state index contributed by atoms with van der Waals surface area (Å²) in [6.45, 7) is 2.37. The van der Waals surface area contributed by atoms with Crippen LogP contribution in [0.4, 0.5) is 5.69 Å². The molecule has 2 aliphatic rings. The Bertz CT molecular complexity index is 1200. The minimum absolute atomic E-state index is 0.0365. The number of para-hydroxylation sites is 1. The predicted octanol–water partition coefficient (Wildman–Crippen LogP) is 1.36. The normalized spacial score (nSPS) is 22.7. The minimum atomic E-state index is -0.948. The first-order valence-corrected chi connectivity index (χ1v) is 12.6. The van der Waals surface area contributed by atoms with Crippen LogP contribution in [-0.2, 0) is 14.3 Å². The maximum Gasteiger partial charge on any atom is 0.351 e. The summed E-state index contributed by atoms with van der Waals surface area (Å²) in [4.78, 5) is 35.7. The van der Waals surface area contributed by atoms with Gasteiger partial charge in [0.2, 0.25) is 6.23 Å². The van der Waals surface area contributed by atoms with E-state index in [0.717, 1.165) is 49.1 Å². The second kappa shape index (κ2) is 11.7. The summed E-state index contributed by atoms with van der Waals surface area (Å²) in [5, 5.41) is 23.5. The number of anilines is 1. The Labute approximate surface area is 214 Å². The maximum atomic E-state index is 12.8. The van der Waals surface area contributed by atoms with Crippen molar-refractivity contribution < 1.29 is 24.3 Å². The number of likely N-dealkylation sites (tertiary alicyclic amines) is 2. The van der Waals surface area contributed by atoms with Crippen molar-refractivity contribution in [2.75, 3.05) is 38.6 Å².